The lowest BCUT2D eigenvalue weighted by Crippen LogP contribution is -2.42. The molecule has 0 aliphatic heterocycles. The van der Waals surface area contributed by atoms with Crippen LogP contribution >= 0.6 is 0 Å². The van der Waals surface area contributed by atoms with E-state index in [2.05, 4.69) is 27.7 Å². The van der Waals surface area contributed by atoms with E-state index in [1.54, 1.807) is 0 Å². The largest absolute Gasteiger partial charge is 0.393 e. The molecule has 2 bridgehead atoms. The SMILES string of the molecule is C[C@@H]1CCC[C@@H]([C@H]2C[C@H]3C[C@H]2[C@H](C)C3(C)C)[C@@H]1O. The van der Waals surface area contributed by atoms with Crippen molar-refractivity contribution >= 4 is 0 Å². The van der Waals surface area contributed by atoms with E-state index < -0.39 is 0 Å². The normalized spacial score (nSPS) is 54.8. The van der Waals surface area contributed by atoms with Crippen LogP contribution in [0.4, 0.5) is 0 Å². The predicted octanol–water partition coefficient (Wildman–Crippen LogP) is 4.10. The molecule has 0 heterocycles. The Balaban J connectivity index is 1.76. The van der Waals surface area contributed by atoms with Gasteiger partial charge in [0.15, 0.2) is 0 Å². The van der Waals surface area contributed by atoms with E-state index in [1.165, 1.54) is 32.1 Å². The molecular weight excluding hydrogens is 220 g/mol. The van der Waals surface area contributed by atoms with Crippen LogP contribution in [0.25, 0.3) is 0 Å². The molecule has 0 aromatic rings. The Morgan fingerprint density at radius 1 is 0.944 bits per heavy atom. The number of aliphatic hydroxyl groups excluding tert-OH is 1. The number of fused-ring (bicyclic) bond motifs is 2. The second-order valence-corrected chi connectivity index (χ2v) is 8.17. The predicted molar refractivity (Wildman–Crippen MR) is 75.2 cm³/mol. The number of aliphatic hydroxyl groups is 1. The summed E-state index contributed by atoms with van der Waals surface area (Å²) < 4.78 is 0. The van der Waals surface area contributed by atoms with Crippen LogP contribution in [0.1, 0.15) is 59.8 Å². The number of hydrogen-bond acceptors (Lipinski definition) is 1. The van der Waals surface area contributed by atoms with E-state index in [9.17, 15) is 5.11 Å². The Hall–Kier alpha value is -0.0400. The van der Waals surface area contributed by atoms with Crippen molar-refractivity contribution in [2.24, 2.45) is 40.9 Å². The van der Waals surface area contributed by atoms with Gasteiger partial charge in [0.1, 0.15) is 0 Å². The zero-order valence-electron chi connectivity index (χ0n) is 12.5. The minimum Gasteiger partial charge on any atom is -0.393 e. The first-order chi connectivity index (χ1) is 8.43. The molecule has 1 heteroatoms. The van der Waals surface area contributed by atoms with Crippen molar-refractivity contribution in [2.45, 2.75) is 65.9 Å². The topological polar surface area (TPSA) is 20.2 Å². The van der Waals surface area contributed by atoms with Crippen LogP contribution < -0.4 is 0 Å². The van der Waals surface area contributed by atoms with Gasteiger partial charge in [0.05, 0.1) is 6.10 Å². The Kier molecular flexibility index (Phi) is 3.05. The molecule has 0 amide bonds. The monoisotopic (exact) mass is 250 g/mol. The van der Waals surface area contributed by atoms with Crippen LogP contribution in [0.2, 0.25) is 0 Å². The molecule has 1 nitrogen and oxygen atoms in total. The van der Waals surface area contributed by atoms with Gasteiger partial charge in [0.2, 0.25) is 0 Å². The maximum absolute atomic E-state index is 10.5. The fourth-order valence-electron chi connectivity index (χ4n) is 5.61. The van der Waals surface area contributed by atoms with E-state index in [0.29, 0.717) is 17.3 Å². The van der Waals surface area contributed by atoms with E-state index in [-0.39, 0.29) is 6.10 Å². The van der Waals surface area contributed by atoms with Gasteiger partial charge in [0.25, 0.3) is 0 Å². The molecule has 3 aliphatic rings. The highest BCUT2D eigenvalue weighted by molar-refractivity contribution is 5.06. The third-order valence-corrected chi connectivity index (χ3v) is 7.30. The molecule has 0 spiro atoms. The molecule has 3 aliphatic carbocycles. The van der Waals surface area contributed by atoms with Gasteiger partial charge in [0, 0.05) is 0 Å². The van der Waals surface area contributed by atoms with Crippen molar-refractivity contribution in [1.29, 1.82) is 0 Å². The first-order valence-corrected chi connectivity index (χ1v) is 8.11. The molecule has 7 atom stereocenters. The zero-order chi connectivity index (χ0) is 13.1. The zero-order valence-corrected chi connectivity index (χ0v) is 12.5. The number of rotatable bonds is 1. The molecule has 3 saturated carbocycles. The van der Waals surface area contributed by atoms with Crippen molar-refractivity contribution in [3.8, 4) is 0 Å². The van der Waals surface area contributed by atoms with Gasteiger partial charge in [-0.25, -0.2) is 0 Å². The summed E-state index contributed by atoms with van der Waals surface area (Å²) in [5.74, 6) is 4.65. The molecule has 0 aromatic heterocycles. The first kappa shape index (κ1) is 13.0. The van der Waals surface area contributed by atoms with Crippen LogP contribution in [-0.4, -0.2) is 11.2 Å². The van der Waals surface area contributed by atoms with Gasteiger partial charge in [-0.1, -0.05) is 34.1 Å². The first-order valence-electron chi connectivity index (χ1n) is 8.11. The highest BCUT2D eigenvalue weighted by Gasteiger charge is 2.57. The average molecular weight is 250 g/mol. The lowest BCUT2D eigenvalue weighted by molar-refractivity contribution is -0.0365. The summed E-state index contributed by atoms with van der Waals surface area (Å²) in [6, 6.07) is 0. The summed E-state index contributed by atoms with van der Waals surface area (Å²) in [7, 11) is 0. The van der Waals surface area contributed by atoms with Crippen molar-refractivity contribution in [1.82, 2.24) is 0 Å². The molecule has 3 fully saturated rings. The molecule has 104 valence electrons. The smallest absolute Gasteiger partial charge is 0.0596 e. The summed E-state index contributed by atoms with van der Waals surface area (Å²) in [4.78, 5) is 0. The standard InChI is InChI=1S/C17H30O/c1-10-6-5-7-13(16(10)18)15-9-12-8-14(15)11(2)17(12,3)4/h10-16,18H,5-9H2,1-4H3/t10-,11+,12-,13+,14+,15-,16-/m1/s1. The fourth-order valence-corrected chi connectivity index (χ4v) is 5.61. The van der Waals surface area contributed by atoms with Gasteiger partial charge in [-0.2, -0.15) is 0 Å². The van der Waals surface area contributed by atoms with Crippen LogP contribution in [0.3, 0.4) is 0 Å². The molecule has 0 unspecified atom stereocenters. The summed E-state index contributed by atoms with van der Waals surface area (Å²) in [5.41, 5.74) is 0.548. The molecule has 3 rings (SSSR count). The Morgan fingerprint density at radius 3 is 2.22 bits per heavy atom. The number of hydrogen-bond donors (Lipinski definition) is 1. The van der Waals surface area contributed by atoms with Crippen LogP contribution in [0.5, 0.6) is 0 Å². The van der Waals surface area contributed by atoms with Gasteiger partial charge in [-0.3, -0.25) is 0 Å². The van der Waals surface area contributed by atoms with Gasteiger partial charge in [-0.15, -0.1) is 0 Å². The quantitative estimate of drug-likeness (QED) is 0.743. The van der Waals surface area contributed by atoms with Crippen molar-refractivity contribution < 1.29 is 5.11 Å². The van der Waals surface area contributed by atoms with Gasteiger partial charge < -0.3 is 5.11 Å². The third-order valence-electron chi connectivity index (χ3n) is 7.30. The Labute approximate surface area is 112 Å². The van der Waals surface area contributed by atoms with E-state index in [0.717, 1.165) is 23.7 Å². The molecule has 18 heavy (non-hydrogen) atoms. The fraction of sp³-hybridized carbons (Fsp3) is 1.00. The second-order valence-electron chi connectivity index (χ2n) is 8.17. The van der Waals surface area contributed by atoms with E-state index >= 15 is 0 Å². The van der Waals surface area contributed by atoms with Crippen molar-refractivity contribution in [3.05, 3.63) is 0 Å². The lowest BCUT2D eigenvalue weighted by Gasteiger charge is -2.46. The molecule has 0 radical (unpaired) electrons. The summed E-state index contributed by atoms with van der Waals surface area (Å²) >= 11 is 0. The highest BCUT2D eigenvalue weighted by atomic mass is 16.3. The molecule has 0 saturated heterocycles. The summed E-state index contributed by atoms with van der Waals surface area (Å²) in [6.45, 7) is 9.66. The summed E-state index contributed by atoms with van der Waals surface area (Å²) in [5, 5.41) is 10.5. The highest BCUT2D eigenvalue weighted by Crippen LogP contribution is 2.64. The summed E-state index contributed by atoms with van der Waals surface area (Å²) in [6.07, 6.45) is 6.69. The maximum atomic E-state index is 10.5. The third kappa shape index (κ3) is 1.69. The maximum Gasteiger partial charge on any atom is 0.0596 e. The van der Waals surface area contributed by atoms with Crippen molar-refractivity contribution in [2.75, 3.05) is 0 Å². The lowest BCUT2D eigenvalue weighted by atomic mass is 9.60. The average Bonchev–Trinajstić information content (AvgIpc) is 2.83. The van der Waals surface area contributed by atoms with Crippen LogP contribution in [-0.2, 0) is 0 Å². The Morgan fingerprint density at radius 2 is 1.61 bits per heavy atom. The van der Waals surface area contributed by atoms with E-state index in [4.69, 9.17) is 0 Å². The molecule has 0 aromatic carbocycles. The second kappa shape index (κ2) is 4.23. The minimum atomic E-state index is -0.0154. The Bertz CT molecular complexity index is 318. The minimum absolute atomic E-state index is 0.0154. The van der Waals surface area contributed by atoms with Crippen LogP contribution in [0.15, 0.2) is 0 Å². The van der Waals surface area contributed by atoms with Gasteiger partial charge >= 0.3 is 0 Å². The molecular formula is C17H30O. The molecule has 1 N–H and O–H groups in total. The van der Waals surface area contributed by atoms with E-state index in [1.807, 2.05) is 0 Å². The van der Waals surface area contributed by atoms with Crippen LogP contribution in [0, 0.1) is 40.9 Å². The van der Waals surface area contributed by atoms with Gasteiger partial charge in [-0.05, 0) is 66.6 Å². The van der Waals surface area contributed by atoms with Crippen molar-refractivity contribution in [3.63, 3.8) is 0 Å².